The standard InChI is InChI=1S/C62H46/c1-61(2)57-35-49(43-16-10-15-42(31-43)39-11-6-5-7-12-39)23-27-53(57)55-29-25-51(37-59(55)61)52-26-30-56-54-28-24-50(36-58(54)62(3,4)60(56)38-52)48-22-21-46-33-45(19-20-47(46)34-48)44-18-17-40-13-8-9-14-41(40)32-44/h5-38H,1-4H3. The van der Waals surface area contributed by atoms with Crippen LogP contribution in [-0.2, 0) is 10.8 Å². The summed E-state index contributed by atoms with van der Waals surface area (Å²) in [6.45, 7) is 9.58. The highest BCUT2D eigenvalue weighted by Crippen LogP contribution is 2.53. The molecule has 0 saturated carbocycles. The third-order valence-corrected chi connectivity index (χ3v) is 14.2. The molecule has 0 radical (unpaired) electrons. The van der Waals surface area contributed by atoms with Crippen LogP contribution in [0.3, 0.4) is 0 Å². The van der Waals surface area contributed by atoms with Gasteiger partial charge < -0.3 is 0 Å². The lowest BCUT2D eigenvalue weighted by Crippen LogP contribution is -2.15. The van der Waals surface area contributed by atoms with Gasteiger partial charge in [-0.1, -0.05) is 185 Å². The van der Waals surface area contributed by atoms with E-state index in [0.717, 1.165) is 0 Å². The minimum Gasteiger partial charge on any atom is -0.0622 e. The Kier molecular flexibility index (Phi) is 8.03. The maximum absolute atomic E-state index is 2.47. The minimum atomic E-state index is -0.136. The summed E-state index contributed by atoms with van der Waals surface area (Å²) in [6.07, 6.45) is 0. The van der Waals surface area contributed by atoms with Crippen LogP contribution < -0.4 is 0 Å². The third kappa shape index (κ3) is 5.74. The molecule has 0 atom stereocenters. The summed E-state index contributed by atoms with van der Waals surface area (Å²) in [4.78, 5) is 0. The van der Waals surface area contributed by atoms with Gasteiger partial charge in [-0.3, -0.25) is 0 Å². The number of benzene rings is 10. The lowest BCUT2D eigenvalue weighted by molar-refractivity contribution is 0.660. The van der Waals surface area contributed by atoms with Gasteiger partial charge in [0.15, 0.2) is 0 Å². The summed E-state index contributed by atoms with van der Waals surface area (Å²) in [5.74, 6) is 0. The fourth-order valence-electron chi connectivity index (χ4n) is 10.7. The second-order valence-electron chi connectivity index (χ2n) is 18.6. The third-order valence-electron chi connectivity index (χ3n) is 14.2. The number of hydrogen-bond acceptors (Lipinski definition) is 0. The van der Waals surface area contributed by atoms with Gasteiger partial charge in [-0.2, -0.15) is 0 Å². The van der Waals surface area contributed by atoms with Gasteiger partial charge in [0.25, 0.3) is 0 Å². The fraction of sp³-hybridized carbons (Fsp3) is 0.0968. The fourth-order valence-corrected chi connectivity index (χ4v) is 10.7. The molecule has 0 aromatic heterocycles. The maximum atomic E-state index is 2.47. The second-order valence-corrected chi connectivity index (χ2v) is 18.6. The summed E-state index contributed by atoms with van der Waals surface area (Å²) in [5.41, 5.74) is 23.3. The van der Waals surface area contributed by atoms with Crippen LogP contribution in [0.1, 0.15) is 49.9 Å². The molecule has 0 nitrogen and oxygen atoms in total. The van der Waals surface area contributed by atoms with Crippen LogP contribution in [0.25, 0.3) is 99.4 Å². The molecular weight excluding hydrogens is 745 g/mol. The molecule has 0 spiro atoms. The Labute approximate surface area is 364 Å². The normalized spacial score (nSPS) is 14.1. The van der Waals surface area contributed by atoms with Gasteiger partial charge in [-0.15, -0.1) is 0 Å². The molecule has 0 bridgehead atoms. The molecule has 0 N–H and O–H groups in total. The average molecular weight is 791 g/mol. The molecule has 10 aromatic rings. The van der Waals surface area contributed by atoms with Gasteiger partial charge in [0.2, 0.25) is 0 Å². The minimum absolute atomic E-state index is 0.126. The summed E-state index contributed by atoms with van der Waals surface area (Å²) in [5, 5.41) is 5.06. The molecule has 0 unspecified atom stereocenters. The predicted octanol–water partition coefficient (Wildman–Crippen LogP) is 16.9. The Bertz CT molecular complexity index is 3450. The van der Waals surface area contributed by atoms with Crippen LogP contribution in [0.5, 0.6) is 0 Å². The summed E-state index contributed by atoms with van der Waals surface area (Å²) in [6, 6.07) is 77.3. The van der Waals surface area contributed by atoms with E-state index in [2.05, 4.69) is 234 Å². The monoisotopic (exact) mass is 790 g/mol. The van der Waals surface area contributed by atoms with Gasteiger partial charge in [0, 0.05) is 10.8 Å². The average Bonchev–Trinajstić information content (AvgIpc) is 3.69. The molecule has 10 aromatic carbocycles. The van der Waals surface area contributed by atoms with E-state index in [1.165, 1.54) is 122 Å². The van der Waals surface area contributed by atoms with Crippen molar-refractivity contribution >= 4 is 21.5 Å². The molecule has 0 heterocycles. The van der Waals surface area contributed by atoms with E-state index in [1.807, 2.05) is 0 Å². The Morgan fingerprint density at radius 2 is 0.500 bits per heavy atom. The lowest BCUT2D eigenvalue weighted by Gasteiger charge is -2.24. The van der Waals surface area contributed by atoms with Crippen molar-refractivity contribution in [3.05, 3.63) is 229 Å². The van der Waals surface area contributed by atoms with Crippen molar-refractivity contribution in [2.45, 2.75) is 38.5 Å². The maximum Gasteiger partial charge on any atom is 0.0159 e. The topological polar surface area (TPSA) is 0 Å². The largest absolute Gasteiger partial charge is 0.0622 e. The lowest BCUT2D eigenvalue weighted by atomic mass is 9.79. The number of hydrogen-bond donors (Lipinski definition) is 0. The van der Waals surface area contributed by atoms with E-state index in [0.29, 0.717) is 0 Å². The van der Waals surface area contributed by atoms with Crippen molar-refractivity contribution in [1.82, 2.24) is 0 Å². The van der Waals surface area contributed by atoms with Crippen molar-refractivity contribution in [3.63, 3.8) is 0 Å². The van der Waals surface area contributed by atoms with E-state index in [9.17, 15) is 0 Å². The number of rotatable bonds is 5. The summed E-state index contributed by atoms with van der Waals surface area (Å²) in [7, 11) is 0. The van der Waals surface area contributed by atoms with Gasteiger partial charge in [-0.05, 0) is 170 Å². The Hall–Kier alpha value is -7.28. The smallest absolute Gasteiger partial charge is 0.0159 e. The Morgan fingerprint density at radius 3 is 0.935 bits per heavy atom. The highest BCUT2D eigenvalue weighted by Gasteiger charge is 2.38. The van der Waals surface area contributed by atoms with Crippen molar-refractivity contribution in [1.29, 1.82) is 0 Å². The first kappa shape index (κ1) is 36.6. The van der Waals surface area contributed by atoms with E-state index in [-0.39, 0.29) is 10.8 Å². The second kappa shape index (κ2) is 13.6. The zero-order chi connectivity index (χ0) is 41.7. The van der Waals surface area contributed by atoms with Gasteiger partial charge >= 0.3 is 0 Å². The molecule has 2 aliphatic carbocycles. The van der Waals surface area contributed by atoms with Crippen molar-refractivity contribution in [2.75, 3.05) is 0 Å². The zero-order valence-electron chi connectivity index (χ0n) is 35.6. The van der Waals surface area contributed by atoms with Crippen molar-refractivity contribution in [2.24, 2.45) is 0 Å². The van der Waals surface area contributed by atoms with E-state index < -0.39 is 0 Å². The molecule has 62 heavy (non-hydrogen) atoms. The molecule has 12 rings (SSSR count). The molecule has 0 saturated heterocycles. The first-order valence-electron chi connectivity index (χ1n) is 22.0. The van der Waals surface area contributed by atoms with Gasteiger partial charge in [-0.25, -0.2) is 0 Å². The van der Waals surface area contributed by atoms with Crippen LogP contribution in [0.15, 0.2) is 206 Å². The molecule has 2 aliphatic rings. The van der Waals surface area contributed by atoms with E-state index in [4.69, 9.17) is 0 Å². The van der Waals surface area contributed by atoms with Crippen molar-refractivity contribution in [3.8, 4) is 77.9 Å². The van der Waals surface area contributed by atoms with E-state index in [1.54, 1.807) is 0 Å². The van der Waals surface area contributed by atoms with Crippen LogP contribution in [-0.4, -0.2) is 0 Å². The molecule has 0 heteroatoms. The predicted molar refractivity (Wildman–Crippen MR) is 264 cm³/mol. The van der Waals surface area contributed by atoms with Crippen molar-refractivity contribution < 1.29 is 0 Å². The van der Waals surface area contributed by atoms with Crippen LogP contribution in [0.2, 0.25) is 0 Å². The van der Waals surface area contributed by atoms with E-state index >= 15 is 0 Å². The first-order chi connectivity index (χ1) is 30.2. The van der Waals surface area contributed by atoms with Gasteiger partial charge in [0.05, 0.1) is 0 Å². The molecule has 0 amide bonds. The Morgan fingerprint density at radius 1 is 0.210 bits per heavy atom. The Balaban J connectivity index is 0.833. The first-order valence-corrected chi connectivity index (χ1v) is 22.0. The summed E-state index contributed by atoms with van der Waals surface area (Å²) < 4.78 is 0. The zero-order valence-corrected chi connectivity index (χ0v) is 35.6. The van der Waals surface area contributed by atoms with Crippen LogP contribution in [0.4, 0.5) is 0 Å². The molecule has 0 aliphatic heterocycles. The van der Waals surface area contributed by atoms with Crippen LogP contribution in [0, 0.1) is 0 Å². The molecular formula is C62H46. The SMILES string of the molecule is CC1(C)c2cc(-c3cccc(-c4ccccc4)c3)ccc2-c2ccc(-c3ccc4c(c3)C(C)(C)c3cc(-c5ccc6cc(-c7ccc8ccccc8c7)ccc6c5)ccc3-4)cc21. The molecule has 294 valence electrons. The quantitative estimate of drug-likeness (QED) is 0.163. The summed E-state index contributed by atoms with van der Waals surface area (Å²) >= 11 is 0. The highest BCUT2D eigenvalue weighted by atomic mass is 14.4. The highest BCUT2D eigenvalue weighted by molar-refractivity contribution is 5.94. The van der Waals surface area contributed by atoms with Gasteiger partial charge in [0.1, 0.15) is 0 Å². The van der Waals surface area contributed by atoms with Crippen LogP contribution >= 0.6 is 0 Å². The number of fused-ring (bicyclic) bond motifs is 8. The molecule has 0 fully saturated rings.